The normalized spacial score (nSPS) is 9.89. The summed E-state index contributed by atoms with van der Waals surface area (Å²) in [4.78, 5) is 15.5. The van der Waals surface area contributed by atoms with Gasteiger partial charge < -0.3 is 5.32 Å². The average molecular weight is 274 g/mol. The number of anilines is 1. The number of hydrogen-bond acceptors (Lipinski definition) is 6. The molecule has 0 aliphatic carbocycles. The van der Waals surface area contributed by atoms with Gasteiger partial charge in [-0.05, 0) is 19.1 Å². The molecule has 2 aromatic rings. The van der Waals surface area contributed by atoms with Crippen molar-refractivity contribution in [1.82, 2.24) is 4.98 Å². The van der Waals surface area contributed by atoms with Crippen LogP contribution in [0.3, 0.4) is 0 Å². The molecular formula is C12H10N4O2S. The van der Waals surface area contributed by atoms with Gasteiger partial charge in [-0.3, -0.25) is 10.1 Å². The largest absolute Gasteiger partial charge is 0.374 e. The van der Waals surface area contributed by atoms with E-state index in [2.05, 4.69) is 10.3 Å². The Labute approximate surface area is 113 Å². The van der Waals surface area contributed by atoms with E-state index in [1.165, 1.54) is 29.5 Å². The third kappa shape index (κ3) is 3.05. The van der Waals surface area contributed by atoms with E-state index in [4.69, 9.17) is 5.26 Å². The Morgan fingerprint density at radius 2 is 2.37 bits per heavy atom. The number of aromatic nitrogens is 1. The molecule has 0 aliphatic heterocycles. The van der Waals surface area contributed by atoms with E-state index in [1.54, 1.807) is 6.20 Å². The highest BCUT2D eigenvalue weighted by Crippen LogP contribution is 2.26. The smallest absolute Gasteiger partial charge is 0.292 e. The minimum Gasteiger partial charge on any atom is -0.374 e. The summed E-state index contributed by atoms with van der Waals surface area (Å²) < 4.78 is 0. The number of nitro benzene ring substituents is 1. The number of rotatable bonds is 4. The van der Waals surface area contributed by atoms with Crippen LogP contribution in [0.1, 0.15) is 15.4 Å². The van der Waals surface area contributed by atoms with Gasteiger partial charge in [-0.1, -0.05) is 0 Å². The van der Waals surface area contributed by atoms with Gasteiger partial charge in [0.1, 0.15) is 5.69 Å². The van der Waals surface area contributed by atoms with Gasteiger partial charge in [0.05, 0.1) is 28.1 Å². The molecule has 19 heavy (non-hydrogen) atoms. The third-order valence-electron chi connectivity index (χ3n) is 2.44. The molecule has 0 atom stereocenters. The number of thiazole rings is 1. The highest BCUT2D eigenvalue weighted by atomic mass is 32.1. The Balaban J connectivity index is 2.22. The number of nitrogens with one attached hydrogen (secondary N) is 1. The van der Waals surface area contributed by atoms with Crippen molar-refractivity contribution in [3.05, 3.63) is 50.0 Å². The van der Waals surface area contributed by atoms with Crippen molar-refractivity contribution >= 4 is 22.7 Å². The summed E-state index contributed by atoms with van der Waals surface area (Å²) in [6.45, 7) is 2.34. The Hall–Kier alpha value is -2.46. The molecule has 1 aromatic heterocycles. The fourth-order valence-corrected chi connectivity index (χ4v) is 2.31. The zero-order valence-corrected chi connectivity index (χ0v) is 10.9. The van der Waals surface area contributed by atoms with E-state index >= 15 is 0 Å². The summed E-state index contributed by atoms with van der Waals surface area (Å²) in [7, 11) is 0. The van der Waals surface area contributed by atoms with Gasteiger partial charge in [0.2, 0.25) is 0 Å². The van der Waals surface area contributed by atoms with E-state index in [-0.39, 0.29) is 5.69 Å². The van der Waals surface area contributed by atoms with Crippen LogP contribution < -0.4 is 5.32 Å². The number of hydrogen-bond donors (Lipinski definition) is 1. The second kappa shape index (κ2) is 5.46. The third-order valence-corrected chi connectivity index (χ3v) is 3.36. The van der Waals surface area contributed by atoms with E-state index in [9.17, 15) is 10.1 Å². The quantitative estimate of drug-likeness (QED) is 0.683. The molecule has 1 N–H and O–H groups in total. The predicted molar refractivity (Wildman–Crippen MR) is 72.0 cm³/mol. The van der Waals surface area contributed by atoms with Gasteiger partial charge >= 0.3 is 0 Å². The van der Waals surface area contributed by atoms with Gasteiger partial charge in [-0.15, -0.1) is 11.3 Å². The molecule has 0 radical (unpaired) electrons. The van der Waals surface area contributed by atoms with Crippen molar-refractivity contribution in [1.29, 1.82) is 5.26 Å². The highest BCUT2D eigenvalue weighted by Gasteiger charge is 2.14. The summed E-state index contributed by atoms with van der Waals surface area (Å²) in [5, 5.41) is 23.7. The van der Waals surface area contributed by atoms with Crippen LogP contribution in [-0.4, -0.2) is 9.91 Å². The minimum absolute atomic E-state index is 0.0414. The van der Waals surface area contributed by atoms with Crippen LogP contribution in [0.15, 0.2) is 24.4 Å². The van der Waals surface area contributed by atoms with Crippen LogP contribution in [0.2, 0.25) is 0 Å². The van der Waals surface area contributed by atoms with Crippen LogP contribution in [0.5, 0.6) is 0 Å². The summed E-state index contributed by atoms with van der Waals surface area (Å²) in [6.07, 6.45) is 1.73. The van der Waals surface area contributed by atoms with Crippen molar-refractivity contribution in [2.24, 2.45) is 0 Å². The van der Waals surface area contributed by atoms with E-state index in [0.717, 1.165) is 9.88 Å². The Morgan fingerprint density at radius 3 is 2.95 bits per heavy atom. The Morgan fingerprint density at radius 1 is 1.58 bits per heavy atom. The summed E-state index contributed by atoms with van der Waals surface area (Å²) in [5.41, 5.74) is 0.684. The van der Waals surface area contributed by atoms with Gasteiger partial charge in [0, 0.05) is 17.1 Å². The fraction of sp³-hybridized carbons (Fsp3) is 0.167. The molecule has 1 aromatic carbocycles. The second-order valence-electron chi connectivity index (χ2n) is 3.80. The Kier molecular flexibility index (Phi) is 3.73. The molecule has 0 saturated carbocycles. The maximum absolute atomic E-state index is 10.9. The second-order valence-corrected chi connectivity index (χ2v) is 5.12. The summed E-state index contributed by atoms with van der Waals surface area (Å²) in [6, 6.07) is 6.20. The molecule has 0 saturated heterocycles. The summed E-state index contributed by atoms with van der Waals surface area (Å²) in [5.74, 6) is 0. The van der Waals surface area contributed by atoms with Gasteiger partial charge in [-0.2, -0.15) is 5.26 Å². The standard InChI is InChI=1S/C12H10N4O2S/c1-8-14-6-10(19-8)7-15-11-4-9(5-13)2-3-12(11)16(17)18/h2-4,6,15H,7H2,1H3. The molecule has 6 nitrogen and oxygen atoms in total. The minimum atomic E-state index is -0.471. The molecule has 0 bridgehead atoms. The molecule has 2 rings (SSSR count). The number of aryl methyl sites for hydroxylation is 1. The molecule has 0 amide bonds. The number of nitrogens with zero attached hydrogens (tertiary/aromatic N) is 3. The fourth-order valence-electron chi connectivity index (χ4n) is 1.58. The lowest BCUT2D eigenvalue weighted by Crippen LogP contribution is -2.02. The first-order valence-corrected chi connectivity index (χ1v) is 6.25. The number of benzene rings is 1. The molecule has 0 fully saturated rings. The first kappa shape index (κ1) is 13.0. The van der Waals surface area contributed by atoms with Crippen molar-refractivity contribution in [3.63, 3.8) is 0 Å². The predicted octanol–water partition coefficient (Wildman–Crippen LogP) is 2.84. The van der Waals surface area contributed by atoms with Gasteiger partial charge in [-0.25, -0.2) is 4.98 Å². The first-order valence-electron chi connectivity index (χ1n) is 5.44. The van der Waals surface area contributed by atoms with Crippen LogP contribution >= 0.6 is 11.3 Å². The van der Waals surface area contributed by atoms with Crippen LogP contribution in [0.25, 0.3) is 0 Å². The molecule has 0 unspecified atom stereocenters. The van der Waals surface area contributed by atoms with Gasteiger partial charge in [0.25, 0.3) is 5.69 Å². The van der Waals surface area contributed by atoms with E-state index in [0.29, 0.717) is 17.8 Å². The van der Waals surface area contributed by atoms with Gasteiger partial charge in [0.15, 0.2) is 0 Å². The van der Waals surface area contributed by atoms with Crippen molar-refractivity contribution in [2.45, 2.75) is 13.5 Å². The number of nitro groups is 1. The molecular weight excluding hydrogens is 264 g/mol. The molecule has 96 valence electrons. The lowest BCUT2D eigenvalue weighted by Gasteiger charge is -2.05. The van der Waals surface area contributed by atoms with Crippen LogP contribution in [-0.2, 0) is 6.54 Å². The zero-order chi connectivity index (χ0) is 13.8. The summed E-state index contributed by atoms with van der Waals surface area (Å²) >= 11 is 1.52. The highest BCUT2D eigenvalue weighted by molar-refractivity contribution is 7.11. The first-order chi connectivity index (χ1) is 9.10. The Bertz CT molecular complexity index is 660. The average Bonchev–Trinajstić information content (AvgIpc) is 2.81. The van der Waals surface area contributed by atoms with Crippen molar-refractivity contribution in [3.8, 4) is 6.07 Å². The lowest BCUT2D eigenvalue weighted by atomic mass is 10.2. The zero-order valence-electron chi connectivity index (χ0n) is 10.1. The molecule has 0 aliphatic rings. The van der Waals surface area contributed by atoms with Crippen LogP contribution in [0, 0.1) is 28.4 Å². The molecule has 7 heteroatoms. The topological polar surface area (TPSA) is 91.8 Å². The van der Waals surface area contributed by atoms with E-state index in [1.807, 2.05) is 13.0 Å². The maximum atomic E-state index is 10.9. The van der Waals surface area contributed by atoms with Crippen molar-refractivity contribution in [2.75, 3.05) is 5.32 Å². The number of nitriles is 1. The monoisotopic (exact) mass is 274 g/mol. The SMILES string of the molecule is Cc1ncc(CNc2cc(C#N)ccc2[N+](=O)[O-])s1. The molecule has 1 heterocycles. The van der Waals surface area contributed by atoms with E-state index < -0.39 is 4.92 Å². The molecule has 0 spiro atoms. The lowest BCUT2D eigenvalue weighted by molar-refractivity contribution is -0.384. The maximum Gasteiger partial charge on any atom is 0.292 e. The van der Waals surface area contributed by atoms with Crippen molar-refractivity contribution < 1.29 is 4.92 Å². The van der Waals surface area contributed by atoms with Crippen LogP contribution in [0.4, 0.5) is 11.4 Å².